The van der Waals surface area contributed by atoms with E-state index in [9.17, 15) is 49.2 Å². The van der Waals surface area contributed by atoms with Crippen molar-refractivity contribution in [1.82, 2.24) is 9.80 Å². The largest absolute Gasteiger partial charge is 0.510 e. The average molecular weight is 770 g/mol. The van der Waals surface area contributed by atoms with Crippen molar-refractivity contribution in [3.05, 3.63) is 62.2 Å². The van der Waals surface area contributed by atoms with Gasteiger partial charge in [0.2, 0.25) is 18.5 Å². The quantitative estimate of drug-likeness (QED) is 0.0785. The highest BCUT2D eigenvalue weighted by atomic mass is 32.1. The number of ketones is 2. The van der Waals surface area contributed by atoms with E-state index in [0.717, 1.165) is 16.2 Å². The van der Waals surface area contributed by atoms with E-state index in [2.05, 4.69) is 5.32 Å². The molecule has 7 N–H and O–H groups in total. The second-order valence-electron chi connectivity index (χ2n) is 13.8. The van der Waals surface area contributed by atoms with Crippen LogP contribution in [0, 0.1) is 11.8 Å². The number of aromatic hydroxyl groups is 1. The molecule has 5 rings (SSSR count). The van der Waals surface area contributed by atoms with Gasteiger partial charge >= 0.3 is 12.1 Å². The average Bonchev–Trinajstić information content (AvgIpc) is 3.64. The molecule has 0 saturated heterocycles. The van der Waals surface area contributed by atoms with Gasteiger partial charge in [-0.05, 0) is 62.4 Å². The number of nitrogens with zero attached hydrogens (tertiary/aromatic N) is 3. The molecular weight excluding hydrogens is 726 g/mol. The van der Waals surface area contributed by atoms with Crippen molar-refractivity contribution in [3.63, 3.8) is 0 Å². The maximum Gasteiger partial charge on any atom is 0.413 e. The van der Waals surface area contributed by atoms with E-state index in [1.165, 1.54) is 11.0 Å². The number of phenolic OH excluding ortho intramolecular Hbond substituents is 1. The van der Waals surface area contributed by atoms with Gasteiger partial charge in [0, 0.05) is 37.8 Å². The van der Waals surface area contributed by atoms with Crippen molar-refractivity contribution in [2.24, 2.45) is 17.6 Å². The zero-order valence-corrected chi connectivity index (χ0v) is 31.2. The van der Waals surface area contributed by atoms with Gasteiger partial charge in [-0.1, -0.05) is 19.4 Å². The molecular formula is C36H43N5O12S. The van der Waals surface area contributed by atoms with E-state index in [4.69, 9.17) is 15.2 Å². The number of carbonyl (C=O) groups excluding carboxylic acids is 6. The molecule has 0 bridgehead atoms. The third-order valence-corrected chi connectivity index (χ3v) is 10.8. The van der Waals surface area contributed by atoms with Crippen molar-refractivity contribution < 1.29 is 58.7 Å². The fourth-order valence-corrected chi connectivity index (χ4v) is 8.05. The summed E-state index contributed by atoms with van der Waals surface area (Å²) in [5.74, 6) is -9.41. The SMILES string of the molecule is CCCCN(CC(=O)Nc1cc(N(C)C)c2c(c1O)C(=O)C1=C(O)[C@]3(O)C(=O)C(C(N)=O)=C(O)[C@@H](N(C)C)[C@@H]3C[C@@H]1C2)C(=O)OCOC(=O)c1cccs1. The molecule has 3 amide bonds. The lowest BCUT2D eigenvalue weighted by atomic mass is 9.58. The molecule has 0 aliphatic heterocycles. The van der Waals surface area contributed by atoms with Crippen LogP contribution >= 0.6 is 11.3 Å². The Morgan fingerprint density at radius 3 is 2.39 bits per heavy atom. The number of rotatable bonds is 12. The van der Waals surface area contributed by atoms with E-state index < -0.39 is 95.1 Å². The molecule has 54 heavy (non-hydrogen) atoms. The molecule has 1 aromatic carbocycles. The summed E-state index contributed by atoms with van der Waals surface area (Å²) in [7, 11) is 6.44. The highest BCUT2D eigenvalue weighted by Crippen LogP contribution is 2.54. The molecule has 0 unspecified atom stereocenters. The van der Waals surface area contributed by atoms with E-state index in [1.54, 1.807) is 50.6 Å². The van der Waals surface area contributed by atoms with Crippen LogP contribution in [0.4, 0.5) is 16.2 Å². The van der Waals surface area contributed by atoms with Gasteiger partial charge in [0.1, 0.15) is 28.5 Å². The number of nitrogens with one attached hydrogen (secondary N) is 1. The topological polar surface area (TPSA) is 250 Å². The lowest BCUT2D eigenvalue weighted by Crippen LogP contribution is -2.63. The van der Waals surface area contributed by atoms with Crippen molar-refractivity contribution >= 4 is 58.2 Å². The number of primary amides is 1. The number of phenols is 1. The van der Waals surface area contributed by atoms with Crippen LogP contribution in [0.2, 0.25) is 0 Å². The van der Waals surface area contributed by atoms with Crippen molar-refractivity contribution in [2.45, 2.75) is 44.2 Å². The number of aliphatic hydroxyl groups is 3. The number of carbonyl (C=O) groups is 6. The number of benzene rings is 1. The summed E-state index contributed by atoms with van der Waals surface area (Å²) in [6.45, 7) is 0.750. The van der Waals surface area contributed by atoms with Gasteiger partial charge in [0.05, 0.1) is 17.3 Å². The van der Waals surface area contributed by atoms with Crippen LogP contribution in [0.25, 0.3) is 0 Å². The number of fused-ring (bicyclic) bond motifs is 3. The lowest BCUT2D eigenvalue weighted by molar-refractivity contribution is -0.148. The number of thiophene rings is 1. The molecule has 290 valence electrons. The first kappa shape index (κ1) is 39.7. The first-order valence-electron chi connectivity index (χ1n) is 17.1. The second kappa shape index (κ2) is 15.5. The summed E-state index contributed by atoms with van der Waals surface area (Å²) >= 11 is 1.15. The highest BCUT2D eigenvalue weighted by molar-refractivity contribution is 7.11. The summed E-state index contributed by atoms with van der Waals surface area (Å²) in [5, 5.41) is 50.3. The number of esters is 1. The molecule has 3 aliphatic carbocycles. The van der Waals surface area contributed by atoms with Crippen molar-refractivity contribution in [1.29, 1.82) is 0 Å². The van der Waals surface area contributed by atoms with Gasteiger partial charge in [0.15, 0.2) is 17.1 Å². The Hall–Kier alpha value is -5.46. The minimum Gasteiger partial charge on any atom is -0.510 e. The Kier molecular flexibility index (Phi) is 11.4. The maximum atomic E-state index is 14.3. The molecule has 17 nitrogen and oxygen atoms in total. The lowest BCUT2D eigenvalue weighted by Gasteiger charge is -2.50. The van der Waals surface area contributed by atoms with Gasteiger partial charge in [-0.3, -0.25) is 29.0 Å². The molecule has 0 saturated carbocycles. The zero-order valence-electron chi connectivity index (χ0n) is 30.4. The third kappa shape index (κ3) is 6.99. The van der Waals surface area contributed by atoms with Gasteiger partial charge in [-0.2, -0.15) is 0 Å². The molecule has 18 heteroatoms. The number of anilines is 2. The zero-order chi connectivity index (χ0) is 39.8. The molecule has 3 aliphatic rings. The fourth-order valence-electron chi connectivity index (χ4n) is 7.43. The number of Topliss-reactive ketones (excluding diaryl/α,β-unsaturated/α-hetero) is 2. The van der Waals surface area contributed by atoms with Gasteiger partial charge in [0.25, 0.3) is 5.91 Å². The number of allylic oxidation sites excluding steroid dienone is 1. The van der Waals surface area contributed by atoms with Gasteiger partial charge in [-0.25, -0.2) is 9.59 Å². The Morgan fingerprint density at radius 2 is 1.80 bits per heavy atom. The smallest absolute Gasteiger partial charge is 0.413 e. The summed E-state index contributed by atoms with van der Waals surface area (Å²) in [6, 6.07) is 3.53. The third-order valence-electron chi connectivity index (χ3n) is 9.92. The highest BCUT2D eigenvalue weighted by Gasteiger charge is 2.63. The van der Waals surface area contributed by atoms with Crippen LogP contribution in [0.1, 0.15) is 51.8 Å². The van der Waals surface area contributed by atoms with Gasteiger partial charge in [-0.15, -0.1) is 11.3 Å². The number of amides is 3. The Bertz CT molecular complexity index is 1960. The van der Waals surface area contributed by atoms with Crippen LogP contribution in [-0.2, 0) is 30.3 Å². The monoisotopic (exact) mass is 769 g/mol. The summed E-state index contributed by atoms with van der Waals surface area (Å²) in [4.78, 5) is 83.1. The molecule has 0 spiro atoms. The van der Waals surface area contributed by atoms with Crippen LogP contribution in [-0.4, -0.2) is 125 Å². The number of hydrogen-bond acceptors (Lipinski definition) is 15. The van der Waals surface area contributed by atoms with Crippen LogP contribution < -0.4 is 16.0 Å². The second-order valence-corrected chi connectivity index (χ2v) is 14.7. The van der Waals surface area contributed by atoms with E-state index >= 15 is 0 Å². The predicted molar refractivity (Wildman–Crippen MR) is 194 cm³/mol. The Labute approximate surface area is 314 Å². The van der Waals surface area contributed by atoms with Crippen molar-refractivity contribution in [2.75, 3.05) is 58.3 Å². The number of aliphatic hydroxyl groups excluding tert-OH is 2. The van der Waals surface area contributed by atoms with E-state index in [-0.39, 0.29) is 36.2 Å². The van der Waals surface area contributed by atoms with E-state index in [0.29, 0.717) is 29.0 Å². The summed E-state index contributed by atoms with van der Waals surface area (Å²) in [5.41, 5.74) is 1.60. The number of likely N-dealkylation sites (N-methyl/N-ethyl adjacent to an activating group) is 1. The number of ether oxygens (including phenoxy) is 2. The first-order valence-corrected chi connectivity index (χ1v) is 18.0. The normalized spacial score (nSPS) is 21.9. The number of hydrogen-bond donors (Lipinski definition) is 6. The molecule has 2 aromatic rings. The number of unbranched alkanes of at least 4 members (excludes halogenated alkanes) is 1. The van der Waals surface area contributed by atoms with E-state index in [1.807, 2.05) is 6.92 Å². The molecule has 1 heterocycles. The molecule has 0 fully saturated rings. The molecule has 0 radical (unpaired) electrons. The van der Waals surface area contributed by atoms with Gasteiger partial charge < -0.3 is 45.9 Å². The molecule has 4 atom stereocenters. The number of nitrogens with two attached hydrogens (primary N) is 1. The Morgan fingerprint density at radius 1 is 1.09 bits per heavy atom. The van der Waals surface area contributed by atoms with Crippen LogP contribution in [0.5, 0.6) is 5.75 Å². The standard InChI is InChI=1S/C36H43N5O12S/c1-6-7-10-41(35(50)53-16-52-34(49)22-9-8-11-54-22)15-23(42)38-20-14-21(39(2)3)18-12-17-13-19-27(40(4)5)30(45)26(33(37)48)32(47)36(19,51)31(46)24(17)29(44)25(18)28(20)43/h8-9,11,14,17,19,27,43,45-46,51H,6-7,10,12-13,15-16H2,1-5H3,(H2,37,48)(H,38,42)/t17-,19-,27-,36-/m0/s1. The predicted octanol–water partition coefficient (Wildman–Crippen LogP) is 2.24. The van der Waals surface area contributed by atoms with Crippen LogP contribution in [0.15, 0.2) is 46.2 Å². The molecule has 1 aromatic heterocycles. The van der Waals surface area contributed by atoms with Crippen LogP contribution in [0.3, 0.4) is 0 Å². The maximum absolute atomic E-state index is 14.3. The van der Waals surface area contributed by atoms with Crippen molar-refractivity contribution in [3.8, 4) is 5.75 Å². The fraction of sp³-hybridized carbons (Fsp3) is 0.444. The summed E-state index contributed by atoms with van der Waals surface area (Å²) < 4.78 is 10.1. The minimum atomic E-state index is -2.81. The summed E-state index contributed by atoms with van der Waals surface area (Å²) in [6.07, 6.45) is 0.185. The Balaban J connectivity index is 1.45. The minimum absolute atomic E-state index is 0.0392. The first-order chi connectivity index (χ1) is 25.4.